The van der Waals surface area contributed by atoms with Crippen molar-refractivity contribution in [2.24, 2.45) is 0 Å². The third-order valence-corrected chi connectivity index (χ3v) is 5.07. The summed E-state index contributed by atoms with van der Waals surface area (Å²) in [5.74, 6) is 0.722. The minimum atomic E-state index is -0.348. The molecule has 1 N–H and O–H groups in total. The van der Waals surface area contributed by atoms with E-state index in [0.29, 0.717) is 44.4 Å². The van der Waals surface area contributed by atoms with Crippen molar-refractivity contribution < 1.29 is 14.3 Å². The van der Waals surface area contributed by atoms with Crippen LogP contribution in [-0.2, 0) is 0 Å². The number of nitrogens with zero attached hydrogens (tertiary/aromatic N) is 2. The number of nitrogens with one attached hydrogen (secondary N) is 1. The summed E-state index contributed by atoms with van der Waals surface area (Å²) in [5.41, 5.74) is 1.62. The summed E-state index contributed by atoms with van der Waals surface area (Å²) in [6.07, 6.45) is 1.42. The van der Waals surface area contributed by atoms with Gasteiger partial charge < -0.3 is 14.8 Å². The smallest absolute Gasteiger partial charge is 0.265 e. The molecule has 4 aromatic rings. The van der Waals surface area contributed by atoms with Crippen LogP contribution in [0.2, 0.25) is 5.02 Å². The first-order valence-corrected chi connectivity index (χ1v) is 9.69. The van der Waals surface area contributed by atoms with Crippen molar-refractivity contribution in [2.75, 3.05) is 19.5 Å². The molecule has 0 unspecified atom stereocenters. The normalized spacial score (nSPS) is 10.7. The number of hydrogen-bond acceptors (Lipinski definition) is 5. The highest BCUT2D eigenvalue weighted by atomic mass is 35.5. The third kappa shape index (κ3) is 3.95. The monoisotopic (exact) mass is 435 g/mol. The van der Waals surface area contributed by atoms with Crippen LogP contribution < -0.4 is 20.3 Å². The molecule has 0 bridgehead atoms. The molecule has 1 heterocycles. The van der Waals surface area contributed by atoms with Crippen molar-refractivity contribution in [3.8, 4) is 17.2 Å². The minimum absolute atomic E-state index is 0.261. The molecule has 156 valence electrons. The van der Waals surface area contributed by atoms with Gasteiger partial charge in [0, 0.05) is 11.3 Å². The number of amides is 1. The minimum Gasteiger partial charge on any atom is -0.495 e. The van der Waals surface area contributed by atoms with E-state index in [1.807, 2.05) is 12.1 Å². The molecule has 0 spiro atoms. The van der Waals surface area contributed by atoms with E-state index in [2.05, 4.69) is 10.3 Å². The zero-order valence-corrected chi connectivity index (χ0v) is 17.5. The van der Waals surface area contributed by atoms with E-state index < -0.39 is 0 Å². The van der Waals surface area contributed by atoms with Crippen LogP contribution in [0.1, 0.15) is 10.4 Å². The van der Waals surface area contributed by atoms with Crippen LogP contribution in [0, 0.1) is 0 Å². The molecule has 1 aromatic heterocycles. The van der Waals surface area contributed by atoms with Crippen molar-refractivity contribution in [3.05, 3.63) is 87.9 Å². The summed E-state index contributed by atoms with van der Waals surface area (Å²) < 4.78 is 11.9. The number of methoxy groups -OCH3 is 2. The van der Waals surface area contributed by atoms with E-state index in [4.69, 9.17) is 21.1 Å². The van der Waals surface area contributed by atoms with E-state index in [1.54, 1.807) is 55.6 Å². The van der Waals surface area contributed by atoms with Gasteiger partial charge in [0.05, 0.1) is 35.8 Å². The predicted molar refractivity (Wildman–Crippen MR) is 120 cm³/mol. The first-order chi connectivity index (χ1) is 15.0. The lowest BCUT2D eigenvalue weighted by atomic mass is 10.1. The number of ether oxygens (including phenoxy) is 2. The van der Waals surface area contributed by atoms with E-state index in [1.165, 1.54) is 18.0 Å². The Hall–Kier alpha value is -3.84. The molecule has 1 amide bonds. The van der Waals surface area contributed by atoms with Crippen LogP contribution in [0.15, 0.2) is 71.8 Å². The van der Waals surface area contributed by atoms with E-state index in [0.717, 1.165) is 0 Å². The van der Waals surface area contributed by atoms with Crippen molar-refractivity contribution in [3.63, 3.8) is 0 Å². The standard InChI is InChI=1S/C23H18ClN3O4/c1-30-20-10-8-15(12-17(20)24)26-22(28)14-7-9-16-18(11-14)25-13-27(23(16)29)19-5-3-4-6-21(19)31-2/h3-13H,1-2H3,(H,26,28). The number of rotatable bonds is 5. The Morgan fingerprint density at radius 2 is 1.77 bits per heavy atom. The largest absolute Gasteiger partial charge is 0.495 e. The lowest BCUT2D eigenvalue weighted by Crippen LogP contribution is -2.20. The summed E-state index contributed by atoms with van der Waals surface area (Å²) in [7, 11) is 3.06. The number of aromatic nitrogens is 2. The number of carbonyl (C=O) groups excluding carboxylic acids is 1. The SMILES string of the molecule is COc1ccc(NC(=O)c2ccc3c(=O)n(-c4ccccc4OC)cnc3c2)cc1Cl. The fourth-order valence-electron chi connectivity index (χ4n) is 3.21. The fraction of sp³-hybridized carbons (Fsp3) is 0.0870. The van der Waals surface area contributed by atoms with Crippen molar-refractivity contribution >= 4 is 34.1 Å². The van der Waals surface area contributed by atoms with Gasteiger partial charge in [-0.25, -0.2) is 4.98 Å². The van der Waals surface area contributed by atoms with E-state index in [9.17, 15) is 9.59 Å². The summed E-state index contributed by atoms with van der Waals surface area (Å²) in [4.78, 5) is 30.0. The Labute approximate surface area is 182 Å². The second-order valence-corrected chi connectivity index (χ2v) is 7.03. The first-order valence-electron chi connectivity index (χ1n) is 9.31. The van der Waals surface area contributed by atoms with Gasteiger partial charge in [-0.3, -0.25) is 14.2 Å². The Kier molecular flexibility index (Phi) is 5.60. The molecule has 0 saturated heterocycles. The first kappa shape index (κ1) is 20.4. The molecular formula is C23H18ClN3O4. The summed E-state index contributed by atoms with van der Waals surface area (Å²) in [5, 5.41) is 3.55. The van der Waals surface area contributed by atoms with Crippen LogP contribution in [0.5, 0.6) is 11.5 Å². The highest BCUT2D eigenvalue weighted by molar-refractivity contribution is 6.32. The zero-order chi connectivity index (χ0) is 22.0. The molecule has 0 aliphatic rings. The van der Waals surface area contributed by atoms with Gasteiger partial charge in [0.2, 0.25) is 0 Å². The van der Waals surface area contributed by atoms with Crippen LogP contribution in [-0.4, -0.2) is 29.7 Å². The Bertz CT molecular complexity index is 1350. The van der Waals surface area contributed by atoms with Crippen LogP contribution >= 0.6 is 11.6 Å². The lowest BCUT2D eigenvalue weighted by Gasteiger charge is -2.11. The van der Waals surface area contributed by atoms with Gasteiger partial charge in [-0.1, -0.05) is 23.7 Å². The maximum Gasteiger partial charge on any atom is 0.265 e. The zero-order valence-electron chi connectivity index (χ0n) is 16.8. The van der Waals surface area contributed by atoms with Gasteiger partial charge in [-0.05, 0) is 48.5 Å². The average molecular weight is 436 g/mol. The number of carbonyl (C=O) groups is 1. The molecule has 31 heavy (non-hydrogen) atoms. The Morgan fingerprint density at radius 3 is 2.52 bits per heavy atom. The number of anilines is 1. The van der Waals surface area contributed by atoms with Crippen molar-refractivity contribution in [2.45, 2.75) is 0 Å². The molecule has 0 saturated carbocycles. The number of halogens is 1. The number of fused-ring (bicyclic) bond motifs is 1. The Morgan fingerprint density at radius 1 is 1.00 bits per heavy atom. The number of hydrogen-bond donors (Lipinski definition) is 1. The summed E-state index contributed by atoms with van der Waals surface area (Å²) in [6.45, 7) is 0. The Balaban J connectivity index is 1.66. The van der Waals surface area contributed by atoms with Crippen molar-refractivity contribution in [1.82, 2.24) is 9.55 Å². The fourth-order valence-corrected chi connectivity index (χ4v) is 3.47. The number of para-hydroxylation sites is 2. The molecule has 0 fully saturated rings. The van der Waals surface area contributed by atoms with Gasteiger partial charge in [0.1, 0.15) is 17.8 Å². The molecule has 0 radical (unpaired) electrons. The molecule has 7 nitrogen and oxygen atoms in total. The molecule has 0 aliphatic carbocycles. The van der Waals surface area contributed by atoms with Gasteiger partial charge in [0.15, 0.2) is 0 Å². The molecule has 3 aromatic carbocycles. The van der Waals surface area contributed by atoms with Gasteiger partial charge in [0.25, 0.3) is 11.5 Å². The lowest BCUT2D eigenvalue weighted by molar-refractivity contribution is 0.102. The van der Waals surface area contributed by atoms with Gasteiger partial charge in [-0.2, -0.15) is 0 Å². The molecule has 0 aliphatic heterocycles. The molecule has 0 atom stereocenters. The highest BCUT2D eigenvalue weighted by Crippen LogP contribution is 2.27. The highest BCUT2D eigenvalue weighted by Gasteiger charge is 2.13. The topological polar surface area (TPSA) is 82.5 Å². The summed E-state index contributed by atoms with van der Waals surface area (Å²) >= 11 is 6.11. The maximum absolute atomic E-state index is 13.0. The average Bonchev–Trinajstić information content (AvgIpc) is 2.79. The van der Waals surface area contributed by atoms with Crippen molar-refractivity contribution in [1.29, 1.82) is 0 Å². The van der Waals surface area contributed by atoms with E-state index >= 15 is 0 Å². The number of benzene rings is 3. The van der Waals surface area contributed by atoms with Crippen LogP contribution in [0.4, 0.5) is 5.69 Å². The van der Waals surface area contributed by atoms with Crippen LogP contribution in [0.3, 0.4) is 0 Å². The quantitative estimate of drug-likeness (QED) is 0.505. The predicted octanol–water partition coefficient (Wildman–Crippen LogP) is 4.31. The second kappa shape index (κ2) is 8.49. The van der Waals surface area contributed by atoms with Gasteiger partial charge in [-0.15, -0.1) is 0 Å². The third-order valence-electron chi connectivity index (χ3n) is 4.78. The summed E-state index contributed by atoms with van der Waals surface area (Å²) in [6, 6.07) is 16.9. The van der Waals surface area contributed by atoms with Gasteiger partial charge >= 0.3 is 0 Å². The maximum atomic E-state index is 13.0. The van der Waals surface area contributed by atoms with E-state index in [-0.39, 0.29) is 11.5 Å². The second-order valence-electron chi connectivity index (χ2n) is 6.63. The molecule has 4 rings (SSSR count). The molecule has 8 heteroatoms. The molecular weight excluding hydrogens is 418 g/mol. The van der Waals surface area contributed by atoms with Crippen LogP contribution in [0.25, 0.3) is 16.6 Å².